The number of nitrogens with one attached hydrogen (secondary N) is 2. The van der Waals surface area contributed by atoms with E-state index < -0.39 is 0 Å². The van der Waals surface area contributed by atoms with Gasteiger partial charge < -0.3 is 15.5 Å². The number of carbonyl (C=O) groups is 1. The van der Waals surface area contributed by atoms with Gasteiger partial charge >= 0.3 is 0 Å². The van der Waals surface area contributed by atoms with Crippen LogP contribution in [0.15, 0.2) is 29.3 Å². The standard InChI is InChI=1S/C24H29N7O2.CH4.ClH/c1-15-19-14-27-24(28-20-8-7-18(13-26-20)30-11-9-25-10-12-30)29-22(19)31(17-5-3-4-6-17)23(33)21(15)16(2)32;;/h7-8,13-14,17,25H,3-6,9-12H2,1-2H3,(H,26,27,28,29);1H4;1H. The van der Waals surface area contributed by atoms with Gasteiger partial charge in [0, 0.05) is 43.8 Å². The molecule has 1 saturated heterocycles. The second kappa shape index (κ2) is 11.1. The highest BCUT2D eigenvalue weighted by Crippen LogP contribution is 2.32. The SMILES string of the molecule is C.CC(=O)c1c(C)c2cnc(Nc3ccc(N4CCNCC4)cn3)nc2n(C2CCCC2)c1=O.Cl. The van der Waals surface area contributed by atoms with Crippen molar-refractivity contribution in [3.63, 3.8) is 0 Å². The summed E-state index contributed by atoms with van der Waals surface area (Å²) in [4.78, 5) is 41.6. The molecule has 0 radical (unpaired) electrons. The third-order valence-electron chi connectivity index (χ3n) is 6.72. The number of halogens is 1. The van der Waals surface area contributed by atoms with Gasteiger partial charge in [-0.1, -0.05) is 20.3 Å². The lowest BCUT2D eigenvalue weighted by Gasteiger charge is -2.29. The van der Waals surface area contributed by atoms with Crippen LogP contribution in [0.25, 0.3) is 11.0 Å². The van der Waals surface area contributed by atoms with Gasteiger partial charge in [0.1, 0.15) is 11.5 Å². The van der Waals surface area contributed by atoms with Gasteiger partial charge in [0.05, 0.1) is 17.4 Å². The number of rotatable bonds is 5. The number of ketones is 1. The first-order valence-corrected chi connectivity index (χ1v) is 11.6. The molecular weight excluding hydrogens is 466 g/mol. The lowest BCUT2D eigenvalue weighted by molar-refractivity contribution is 0.101. The highest BCUT2D eigenvalue weighted by molar-refractivity contribution is 5.99. The predicted molar refractivity (Wildman–Crippen MR) is 143 cm³/mol. The van der Waals surface area contributed by atoms with Gasteiger partial charge in [-0.3, -0.25) is 14.2 Å². The van der Waals surface area contributed by atoms with E-state index in [1.165, 1.54) is 6.92 Å². The molecule has 188 valence electrons. The van der Waals surface area contributed by atoms with Crippen LogP contribution >= 0.6 is 12.4 Å². The van der Waals surface area contributed by atoms with Crippen LogP contribution in [0.3, 0.4) is 0 Å². The molecule has 0 spiro atoms. The Morgan fingerprint density at radius 2 is 1.83 bits per heavy atom. The largest absolute Gasteiger partial charge is 0.368 e. The Hall–Kier alpha value is -3.04. The zero-order valence-corrected chi connectivity index (χ0v) is 20.3. The van der Waals surface area contributed by atoms with Crippen LogP contribution in [0, 0.1) is 6.92 Å². The summed E-state index contributed by atoms with van der Waals surface area (Å²) < 4.78 is 1.72. The highest BCUT2D eigenvalue weighted by atomic mass is 35.5. The van der Waals surface area contributed by atoms with Crippen LogP contribution in [0.5, 0.6) is 0 Å². The number of aryl methyl sites for hydroxylation is 1. The number of pyridine rings is 2. The third kappa shape index (κ3) is 5.16. The molecule has 0 bridgehead atoms. The van der Waals surface area contributed by atoms with E-state index in [9.17, 15) is 9.59 Å². The molecule has 0 unspecified atom stereocenters. The second-order valence-corrected chi connectivity index (χ2v) is 8.86. The van der Waals surface area contributed by atoms with Crippen molar-refractivity contribution in [2.75, 3.05) is 36.4 Å². The molecule has 10 heteroatoms. The number of piperazine rings is 1. The summed E-state index contributed by atoms with van der Waals surface area (Å²) >= 11 is 0. The van der Waals surface area contributed by atoms with Gasteiger partial charge in [0.2, 0.25) is 5.95 Å². The lowest BCUT2D eigenvalue weighted by atomic mass is 10.0. The van der Waals surface area contributed by atoms with Crippen molar-refractivity contribution in [3.05, 3.63) is 46.0 Å². The molecule has 0 atom stereocenters. The molecular formula is C25H34ClN7O2. The van der Waals surface area contributed by atoms with Crippen molar-refractivity contribution >= 4 is 46.7 Å². The van der Waals surface area contributed by atoms with Crippen LogP contribution in [0.4, 0.5) is 17.5 Å². The molecule has 35 heavy (non-hydrogen) atoms. The van der Waals surface area contributed by atoms with Crippen molar-refractivity contribution in [2.45, 2.75) is 53.0 Å². The number of hydrogen-bond acceptors (Lipinski definition) is 8. The number of hydrogen-bond donors (Lipinski definition) is 2. The quantitative estimate of drug-likeness (QED) is 0.507. The zero-order valence-electron chi connectivity index (χ0n) is 19.5. The lowest BCUT2D eigenvalue weighted by Crippen LogP contribution is -2.43. The Bertz CT molecular complexity index is 1250. The van der Waals surface area contributed by atoms with Crippen LogP contribution in [0.2, 0.25) is 0 Å². The van der Waals surface area contributed by atoms with Crippen LogP contribution in [-0.2, 0) is 0 Å². The molecule has 1 aliphatic heterocycles. The maximum Gasteiger partial charge on any atom is 0.263 e. The predicted octanol–water partition coefficient (Wildman–Crippen LogP) is 4.02. The van der Waals surface area contributed by atoms with Gasteiger partial charge in [-0.15, -0.1) is 12.4 Å². The highest BCUT2D eigenvalue weighted by Gasteiger charge is 2.25. The molecule has 0 aromatic carbocycles. The van der Waals surface area contributed by atoms with Crippen LogP contribution in [0.1, 0.15) is 62.0 Å². The fraction of sp³-hybridized carbons (Fsp3) is 0.480. The number of anilines is 3. The normalized spacial score (nSPS) is 16.0. The van der Waals surface area contributed by atoms with Crippen molar-refractivity contribution in [1.82, 2.24) is 24.8 Å². The molecule has 9 nitrogen and oxygen atoms in total. The molecule has 2 fully saturated rings. The first kappa shape index (κ1) is 26.6. The van der Waals surface area contributed by atoms with Crippen molar-refractivity contribution in [2.24, 2.45) is 0 Å². The molecule has 2 N–H and O–H groups in total. The molecule has 1 aliphatic carbocycles. The minimum Gasteiger partial charge on any atom is -0.368 e. The fourth-order valence-corrected chi connectivity index (χ4v) is 4.99. The minimum atomic E-state index is -0.248. The zero-order chi connectivity index (χ0) is 22.9. The summed E-state index contributed by atoms with van der Waals surface area (Å²) in [6.45, 7) is 7.11. The summed E-state index contributed by atoms with van der Waals surface area (Å²) in [6.07, 6.45) is 7.52. The van der Waals surface area contributed by atoms with E-state index in [4.69, 9.17) is 4.98 Å². The second-order valence-electron chi connectivity index (χ2n) is 8.86. The average molecular weight is 500 g/mol. The van der Waals surface area contributed by atoms with E-state index in [0.717, 1.165) is 62.9 Å². The number of nitrogens with zero attached hydrogens (tertiary/aromatic N) is 5. The number of Topliss-reactive ketones (excluding diaryl/α,β-unsaturated/α-hetero) is 1. The van der Waals surface area contributed by atoms with E-state index >= 15 is 0 Å². The van der Waals surface area contributed by atoms with E-state index in [1.54, 1.807) is 17.7 Å². The van der Waals surface area contributed by atoms with Gasteiger partial charge in [-0.05, 0) is 44.4 Å². The molecule has 3 aromatic rings. The Kier molecular flexibility index (Phi) is 8.45. The summed E-state index contributed by atoms with van der Waals surface area (Å²) in [5.74, 6) is 0.799. The monoisotopic (exact) mass is 499 g/mol. The van der Waals surface area contributed by atoms with E-state index in [2.05, 4.69) is 25.5 Å². The number of fused-ring (bicyclic) bond motifs is 1. The van der Waals surface area contributed by atoms with Gasteiger partial charge in [-0.2, -0.15) is 4.98 Å². The fourth-order valence-electron chi connectivity index (χ4n) is 4.99. The van der Waals surface area contributed by atoms with Crippen molar-refractivity contribution < 1.29 is 4.79 Å². The summed E-state index contributed by atoms with van der Waals surface area (Å²) in [5.41, 5.74) is 2.29. The van der Waals surface area contributed by atoms with E-state index in [-0.39, 0.29) is 42.8 Å². The van der Waals surface area contributed by atoms with Crippen LogP contribution in [-0.4, -0.2) is 51.5 Å². The van der Waals surface area contributed by atoms with E-state index in [0.29, 0.717) is 23.0 Å². The molecule has 5 rings (SSSR count). The van der Waals surface area contributed by atoms with E-state index in [1.807, 2.05) is 18.3 Å². The summed E-state index contributed by atoms with van der Waals surface area (Å²) in [7, 11) is 0. The summed E-state index contributed by atoms with van der Waals surface area (Å²) in [6, 6.07) is 4.01. The van der Waals surface area contributed by atoms with Crippen molar-refractivity contribution in [3.8, 4) is 0 Å². The molecule has 4 heterocycles. The Morgan fingerprint density at radius 1 is 1.11 bits per heavy atom. The topological polar surface area (TPSA) is 105 Å². The average Bonchev–Trinajstić information content (AvgIpc) is 3.34. The first-order valence-electron chi connectivity index (χ1n) is 11.6. The third-order valence-corrected chi connectivity index (χ3v) is 6.72. The van der Waals surface area contributed by atoms with Gasteiger partial charge in [-0.25, -0.2) is 9.97 Å². The number of carbonyl (C=O) groups excluding carboxylic acids is 1. The Balaban J connectivity index is 0.00000171. The molecule has 3 aromatic heterocycles. The maximum atomic E-state index is 13.3. The molecule has 0 amide bonds. The van der Waals surface area contributed by atoms with Crippen molar-refractivity contribution in [1.29, 1.82) is 0 Å². The minimum absolute atomic E-state index is 0. The first-order chi connectivity index (χ1) is 16.0. The summed E-state index contributed by atoms with van der Waals surface area (Å²) in [5, 5.41) is 7.26. The maximum absolute atomic E-state index is 13.3. The van der Waals surface area contributed by atoms with Gasteiger partial charge in [0.15, 0.2) is 5.78 Å². The smallest absolute Gasteiger partial charge is 0.263 e. The molecule has 2 aliphatic rings. The Labute approximate surface area is 211 Å². The van der Waals surface area contributed by atoms with Gasteiger partial charge in [0.25, 0.3) is 5.56 Å². The number of aromatic nitrogens is 4. The molecule has 1 saturated carbocycles. The Morgan fingerprint density at radius 3 is 2.46 bits per heavy atom. The van der Waals surface area contributed by atoms with Crippen LogP contribution < -0.4 is 21.1 Å².